The first-order valence-corrected chi connectivity index (χ1v) is 7.53. The molecular formula is C16H25Ac4NO6. The second-order valence-electron chi connectivity index (χ2n) is 6.06. The van der Waals surface area contributed by atoms with E-state index in [1.54, 1.807) is 0 Å². The molecule has 1 aliphatic heterocycles. The van der Waals surface area contributed by atoms with Crippen LogP contribution in [0.5, 0.6) is 5.75 Å². The molecule has 7 nitrogen and oxygen atoms in total. The topological polar surface area (TPSA) is 125 Å². The molecule has 1 heterocycles. The SMILES string of the molecule is Cc1c(C)c(C)c(OC2O[C@H](CO)C(O)C(O)C2O)c(N)c1C.[Ac].[Ac].[Ac].[Ac]. The predicted octanol–water partition coefficient (Wildman–Crippen LogP) is -0.319. The van der Waals surface area contributed by atoms with Gasteiger partial charge in [-0.2, -0.15) is 0 Å². The van der Waals surface area contributed by atoms with Crippen LogP contribution in [0.3, 0.4) is 0 Å². The first-order valence-electron chi connectivity index (χ1n) is 7.53. The summed E-state index contributed by atoms with van der Waals surface area (Å²) in [5, 5.41) is 38.9. The fourth-order valence-corrected chi connectivity index (χ4v) is 2.74. The molecule has 4 radical (unpaired) electrons. The maximum Gasteiger partial charge on any atom is 0.229 e. The van der Waals surface area contributed by atoms with E-state index >= 15 is 0 Å². The fourth-order valence-electron chi connectivity index (χ4n) is 2.74. The number of hydrogen-bond donors (Lipinski definition) is 5. The predicted molar refractivity (Wildman–Crippen MR) is 84.2 cm³/mol. The third-order valence-electron chi connectivity index (χ3n) is 4.76. The minimum absolute atomic E-state index is 0. The molecule has 142 valence electrons. The third-order valence-corrected chi connectivity index (χ3v) is 4.76. The standard InChI is InChI=1S/C16H25NO6.4Ac/c1-6-7(2)9(4)15(11(17)8(6)3)23-16-14(21)13(20)12(19)10(5-18)22-16;;;;/h10,12-14,16,18-21H,5,17H2,1-4H3;;;;/t10-,12?,13?,14?,16?;;;;/m1..../s1. The van der Waals surface area contributed by atoms with Gasteiger partial charge in [-0.1, -0.05) is 0 Å². The molecule has 2 rings (SSSR count). The number of benzene rings is 1. The molecule has 5 atom stereocenters. The Labute approximate surface area is 303 Å². The minimum atomic E-state index is -1.49. The fraction of sp³-hybridized carbons (Fsp3) is 0.625. The summed E-state index contributed by atoms with van der Waals surface area (Å²) in [6, 6.07) is 0. The molecule has 27 heavy (non-hydrogen) atoms. The summed E-state index contributed by atoms with van der Waals surface area (Å²) in [6.07, 6.45) is -6.64. The molecule has 6 N–H and O–H groups in total. The van der Waals surface area contributed by atoms with E-state index in [4.69, 9.17) is 15.2 Å². The number of hydrogen-bond acceptors (Lipinski definition) is 7. The number of nitrogen functional groups attached to an aromatic ring is 1. The molecule has 1 aliphatic rings. The van der Waals surface area contributed by atoms with Gasteiger partial charge in [0.2, 0.25) is 6.29 Å². The van der Waals surface area contributed by atoms with Crippen LogP contribution in [0.25, 0.3) is 0 Å². The van der Waals surface area contributed by atoms with E-state index in [9.17, 15) is 20.4 Å². The Bertz CT molecular complexity index is 576. The van der Waals surface area contributed by atoms with Gasteiger partial charge in [-0.05, 0) is 49.9 Å². The van der Waals surface area contributed by atoms with Crippen LogP contribution in [-0.4, -0.2) is 57.7 Å². The van der Waals surface area contributed by atoms with Gasteiger partial charge in [-0.15, -0.1) is 0 Å². The van der Waals surface area contributed by atoms with Gasteiger partial charge in [-0.3, -0.25) is 0 Å². The van der Waals surface area contributed by atoms with E-state index in [1.807, 2.05) is 27.7 Å². The number of anilines is 1. The number of ether oxygens (including phenoxy) is 2. The van der Waals surface area contributed by atoms with Crippen LogP contribution in [0.2, 0.25) is 0 Å². The van der Waals surface area contributed by atoms with Crippen LogP contribution < -0.4 is 10.5 Å². The zero-order valence-corrected chi connectivity index (χ0v) is 35.1. The van der Waals surface area contributed by atoms with Crippen LogP contribution in [-0.2, 0) is 4.74 Å². The normalized spacial score (nSPS) is 26.6. The molecule has 1 saturated heterocycles. The molecule has 0 saturated carbocycles. The Morgan fingerprint density at radius 1 is 0.815 bits per heavy atom. The van der Waals surface area contributed by atoms with Crippen molar-refractivity contribution in [1.29, 1.82) is 0 Å². The van der Waals surface area contributed by atoms with E-state index in [0.29, 0.717) is 11.4 Å². The molecular weight excluding hydrogens is 1210 g/mol. The van der Waals surface area contributed by atoms with Crippen molar-refractivity contribution < 1.29 is 206 Å². The largest absolute Gasteiger partial charge is 0.460 e. The van der Waals surface area contributed by atoms with E-state index < -0.39 is 37.3 Å². The summed E-state index contributed by atoms with van der Waals surface area (Å²) >= 11 is 0. The second kappa shape index (κ2) is 16.1. The summed E-state index contributed by atoms with van der Waals surface area (Å²) in [4.78, 5) is 0. The van der Waals surface area contributed by atoms with Crippen molar-refractivity contribution in [3.63, 3.8) is 0 Å². The zero-order chi connectivity index (χ0) is 17.5. The molecule has 0 bridgehead atoms. The van der Waals surface area contributed by atoms with Crippen molar-refractivity contribution in [2.24, 2.45) is 0 Å². The number of rotatable bonds is 3. The number of aliphatic hydroxyl groups is 4. The van der Waals surface area contributed by atoms with E-state index in [0.717, 1.165) is 22.3 Å². The van der Waals surface area contributed by atoms with Gasteiger partial charge in [0.1, 0.15) is 30.2 Å². The monoisotopic (exact) mass is 1240 g/mol. The Morgan fingerprint density at radius 3 is 1.78 bits per heavy atom. The van der Waals surface area contributed by atoms with Gasteiger partial charge >= 0.3 is 0 Å². The maximum atomic E-state index is 10.1. The van der Waals surface area contributed by atoms with Gasteiger partial charge < -0.3 is 35.6 Å². The van der Waals surface area contributed by atoms with Gasteiger partial charge in [0.05, 0.1) is 12.3 Å². The molecule has 0 spiro atoms. The van der Waals surface area contributed by atoms with Gasteiger partial charge in [-0.25, -0.2) is 0 Å². The molecule has 1 fully saturated rings. The first kappa shape index (κ1) is 36.0. The summed E-state index contributed by atoms with van der Waals surface area (Å²) < 4.78 is 11.1. The molecule has 1 aromatic rings. The molecule has 0 aromatic heterocycles. The molecule has 11 heteroatoms. The van der Waals surface area contributed by atoms with Crippen molar-refractivity contribution in [3.05, 3.63) is 22.3 Å². The van der Waals surface area contributed by atoms with Crippen molar-refractivity contribution in [2.45, 2.75) is 58.4 Å². The summed E-state index contributed by atoms with van der Waals surface area (Å²) in [5.74, 6) is 0.370. The Balaban J connectivity index is -0.00000144. The van der Waals surface area contributed by atoms with Crippen LogP contribution in [0.1, 0.15) is 22.3 Å². The van der Waals surface area contributed by atoms with Crippen molar-refractivity contribution in [1.82, 2.24) is 0 Å². The molecule has 1 aromatic carbocycles. The van der Waals surface area contributed by atoms with Gasteiger partial charge in [0.15, 0.2) is 0 Å². The Morgan fingerprint density at radius 2 is 1.30 bits per heavy atom. The van der Waals surface area contributed by atoms with Gasteiger partial charge in [0.25, 0.3) is 0 Å². The quantitative estimate of drug-likeness (QED) is 0.264. The van der Waals surface area contributed by atoms with Crippen molar-refractivity contribution >= 4 is 5.69 Å². The van der Waals surface area contributed by atoms with E-state index in [-0.39, 0.29) is 176 Å². The van der Waals surface area contributed by atoms with E-state index in [2.05, 4.69) is 0 Å². The molecule has 0 aliphatic carbocycles. The molecule has 4 unspecified atom stereocenters. The average Bonchev–Trinajstić information content (AvgIpc) is 2.54. The maximum absolute atomic E-state index is 10.1. The minimum Gasteiger partial charge on any atom is -0.460 e. The first-order chi connectivity index (χ1) is 10.7. The number of nitrogens with two attached hydrogens (primary N) is 1. The molecule has 0 amide bonds. The average molecular weight is 1240 g/mol. The summed E-state index contributed by atoms with van der Waals surface area (Å²) in [6.45, 7) is 7.11. The third kappa shape index (κ3) is 8.28. The van der Waals surface area contributed by atoms with Crippen LogP contribution in [0, 0.1) is 204 Å². The van der Waals surface area contributed by atoms with Crippen LogP contribution in [0.15, 0.2) is 0 Å². The van der Waals surface area contributed by atoms with E-state index in [1.165, 1.54) is 0 Å². The van der Waals surface area contributed by atoms with Crippen molar-refractivity contribution in [2.75, 3.05) is 12.3 Å². The zero-order valence-electron chi connectivity index (χ0n) is 16.1. The summed E-state index contributed by atoms with van der Waals surface area (Å²) in [5.41, 5.74) is 10.3. The van der Waals surface area contributed by atoms with Crippen LogP contribution in [0.4, 0.5) is 5.69 Å². The Hall–Kier alpha value is 4.39. The smallest absolute Gasteiger partial charge is 0.229 e. The summed E-state index contributed by atoms with van der Waals surface area (Å²) in [7, 11) is 0. The van der Waals surface area contributed by atoms with Crippen LogP contribution >= 0.6 is 0 Å². The number of aliphatic hydroxyl groups excluding tert-OH is 4. The second-order valence-corrected chi connectivity index (χ2v) is 6.06. The Kier molecular flexibility index (Phi) is 21.4. The van der Waals surface area contributed by atoms with Gasteiger partial charge in [0, 0.05) is 176 Å². The van der Waals surface area contributed by atoms with Crippen molar-refractivity contribution in [3.8, 4) is 5.75 Å².